The number of nitrogens with two attached hydrogens (primary N) is 1. The molecule has 5 amide bonds. The van der Waals surface area contributed by atoms with Gasteiger partial charge in [-0.3, -0.25) is 19.0 Å². The molecule has 2 fully saturated rings. The second-order valence-corrected chi connectivity index (χ2v) is 20.3. The van der Waals surface area contributed by atoms with Crippen LogP contribution >= 0.6 is 46.4 Å². The van der Waals surface area contributed by atoms with Crippen LogP contribution in [0.5, 0.6) is 0 Å². The SMILES string of the molecule is CC(C)(C)OC(=O)NC1CCN(C(=O)c2cc3n(n2)CCCN(C(=O)OCc2cc(Cl)cc(Cl)c2)C3)CC1.NC1CCN(C(=O)c2cc3n(n2)CCCN(C(=O)OCc2cc(Cl)cc(Cl)c2)C3)CC1. The van der Waals surface area contributed by atoms with Crippen molar-refractivity contribution in [3.05, 3.63) is 103 Å². The van der Waals surface area contributed by atoms with E-state index in [2.05, 4.69) is 15.5 Å². The normalized spacial score (nSPS) is 16.8. The first kappa shape index (κ1) is 51.6. The number of carbonyl (C=O) groups is 5. The molecule has 0 aliphatic carbocycles. The van der Waals surface area contributed by atoms with Crippen LogP contribution in [0.2, 0.25) is 20.1 Å². The number of ether oxygens (including phenoxy) is 3. The van der Waals surface area contributed by atoms with Crippen LogP contribution in [0.4, 0.5) is 14.4 Å². The van der Waals surface area contributed by atoms with Gasteiger partial charge >= 0.3 is 18.3 Å². The van der Waals surface area contributed by atoms with E-state index in [0.29, 0.717) is 115 Å². The second kappa shape index (κ2) is 23.1. The number of aromatic nitrogens is 4. The molecule has 2 saturated heterocycles. The van der Waals surface area contributed by atoms with E-state index in [1.807, 2.05) is 25.5 Å². The zero-order chi connectivity index (χ0) is 49.4. The Morgan fingerprint density at radius 1 is 0.594 bits per heavy atom. The van der Waals surface area contributed by atoms with Crippen molar-refractivity contribution in [2.75, 3.05) is 39.3 Å². The van der Waals surface area contributed by atoms with Gasteiger partial charge in [-0.15, -0.1) is 0 Å². The highest BCUT2D eigenvalue weighted by Gasteiger charge is 2.31. The Hall–Kier alpha value is -5.27. The van der Waals surface area contributed by atoms with Crippen molar-refractivity contribution < 1.29 is 38.2 Å². The summed E-state index contributed by atoms with van der Waals surface area (Å²) in [4.78, 5) is 70.2. The molecule has 0 spiro atoms. The maximum Gasteiger partial charge on any atom is 0.410 e. The highest BCUT2D eigenvalue weighted by Crippen LogP contribution is 2.24. The van der Waals surface area contributed by atoms with E-state index in [1.54, 1.807) is 72.8 Å². The number of hydrogen-bond donors (Lipinski definition) is 2. The molecule has 0 bridgehead atoms. The van der Waals surface area contributed by atoms with Gasteiger partial charge in [0.15, 0.2) is 11.4 Å². The van der Waals surface area contributed by atoms with Crippen molar-refractivity contribution in [2.45, 2.75) is 116 Å². The average molecular weight is 1030 g/mol. The van der Waals surface area contributed by atoms with Crippen molar-refractivity contribution in [3.8, 4) is 0 Å². The highest BCUT2D eigenvalue weighted by atomic mass is 35.5. The molecular formula is C47H58Cl4N10O8. The van der Waals surface area contributed by atoms with E-state index in [9.17, 15) is 24.0 Å². The Morgan fingerprint density at radius 2 is 1.00 bits per heavy atom. The number of fused-ring (bicyclic) bond motifs is 2. The van der Waals surface area contributed by atoms with E-state index in [4.69, 9.17) is 66.3 Å². The maximum atomic E-state index is 13.2. The molecule has 0 radical (unpaired) electrons. The summed E-state index contributed by atoms with van der Waals surface area (Å²) in [6.45, 7) is 10.8. The summed E-state index contributed by atoms with van der Waals surface area (Å²) in [6, 6.07) is 13.7. The Morgan fingerprint density at radius 3 is 1.41 bits per heavy atom. The van der Waals surface area contributed by atoms with Crippen LogP contribution in [0.25, 0.3) is 0 Å². The number of rotatable bonds is 7. The van der Waals surface area contributed by atoms with Crippen molar-refractivity contribution in [2.24, 2.45) is 5.73 Å². The number of halogens is 4. The van der Waals surface area contributed by atoms with Crippen molar-refractivity contribution in [1.29, 1.82) is 0 Å². The molecule has 69 heavy (non-hydrogen) atoms. The van der Waals surface area contributed by atoms with Crippen molar-refractivity contribution >= 4 is 76.5 Å². The molecule has 2 aromatic carbocycles. The van der Waals surface area contributed by atoms with Gasteiger partial charge in [0.2, 0.25) is 0 Å². The van der Waals surface area contributed by atoms with E-state index in [1.165, 1.54) is 0 Å². The molecule has 8 rings (SSSR count). The number of hydrogen-bond acceptors (Lipinski definition) is 11. The smallest absolute Gasteiger partial charge is 0.410 e. The number of carbonyl (C=O) groups excluding carboxylic acids is 5. The standard InChI is InChI=1S/C26H33Cl2N5O5.C21H25Cl2N5O3/c1-26(2,3)38-24(35)29-20-5-9-31(10-6-20)23(34)22-14-21-15-32(7-4-8-33(21)30-22)25(36)37-16-17-11-18(27)13-19(28)12-17;22-15-8-14(9-16(23)10-15)13-31-21(30)27-4-1-5-28-18(12-27)11-19(25-28)20(29)26-6-2-17(24)3-7-26/h11-14,20H,4-10,15-16H2,1-3H3,(H,29,35);8-11,17H,1-7,12-13,24H2. The molecule has 0 atom stereocenters. The van der Waals surface area contributed by atoms with E-state index in [0.717, 1.165) is 36.2 Å². The third-order valence-corrected chi connectivity index (χ3v) is 12.8. The third kappa shape index (κ3) is 14.6. The number of benzene rings is 2. The fourth-order valence-corrected chi connectivity index (χ4v) is 9.58. The predicted octanol–water partition coefficient (Wildman–Crippen LogP) is 8.16. The first-order valence-corrected chi connectivity index (χ1v) is 24.6. The predicted molar refractivity (Wildman–Crippen MR) is 259 cm³/mol. The molecule has 2 aromatic heterocycles. The number of nitrogens with zero attached hydrogens (tertiary/aromatic N) is 8. The summed E-state index contributed by atoms with van der Waals surface area (Å²) in [7, 11) is 0. The molecule has 6 heterocycles. The van der Waals surface area contributed by atoms with Gasteiger partial charge < -0.3 is 44.9 Å². The van der Waals surface area contributed by atoms with Gasteiger partial charge in [0, 0.05) is 84.5 Å². The summed E-state index contributed by atoms with van der Waals surface area (Å²) < 4.78 is 19.9. The van der Waals surface area contributed by atoms with Crippen LogP contribution in [-0.2, 0) is 53.6 Å². The van der Waals surface area contributed by atoms with Crippen LogP contribution < -0.4 is 11.1 Å². The molecule has 4 aliphatic rings. The molecule has 4 aliphatic heterocycles. The molecule has 4 aromatic rings. The Balaban J connectivity index is 0.000000208. The van der Waals surface area contributed by atoms with Gasteiger partial charge in [-0.1, -0.05) is 46.4 Å². The van der Waals surface area contributed by atoms with E-state index >= 15 is 0 Å². The second-order valence-electron chi connectivity index (χ2n) is 18.5. The van der Waals surface area contributed by atoms with Crippen LogP contribution in [-0.4, -0.2) is 126 Å². The highest BCUT2D eigenvalue weighted by molar-refractivity contribution is 6.35. The molecule has 3 N–H and O–H groups in total. The van der Waals surface area contributed by atoms with Crippen LogP contribution in [0.15, 0.2) is 48.5 Å². The minimum Gasteiger partial charge on any atom is -0.445 e. The topological polar surface area (TPSA) is 200 Å². The summed E-state index contributed by atoms with van der Waals surface area (Å²) in [6.07, 6.45) is 2.95. The largest absolute Gasteiger partial charge is 0.445 e. The summed E-state index contributed by atoms with van der Waals surface area (Å²) in [5.74, 6) is -0.243. The van der Waals surface area contributed by atoms with Gasteiger partial charge in [0.25, 0.3) is 11.8 Å². The number of amides is 5. The maximum absolute atomic E-state index is 13.2. The quantitative estimate of drug-likeness (QED) is 0.169. The zero-order valence-corrected chi connectivity index (χ0v) is 42.0. The van der Waals surface area contributed by atoms with Crippen molar-refractivity contribution in [1.82, 2.24) is 44.5 Å². The van der Waals surface area contributed by atoms with Gasteiger partial charge in [-0.2, -0.15) is 10.2 Å². The number of aryl methyl sites for hydroxylation is 2. The number of alkyl carbamates (subject to hydrolysis) is 1. The van der Waals surface area contributed by atoms with Crippen LogP contribution in [0.3, 0.4) is 0 Å². The Labute approximate surface area is 421 Å². The first-order chi connectivity index (χ1) is 32.8. The number of nitrogens with one attached hydrogen (secondary N) is 1. The molecule has 22 heteroatoms. The van der Waals surface area contributed by atoms with Gasteiger partial charge in [0.1, 0.15) is 18.8 Å². The third-order valence-electron chi connectivity index (χ3n) is 11.9. The molecular weight excluding hydrogens is 974 g/mol. The summed E-state index contributed by atoms with van der Waals surface area (Å²) in [5.41, 5.74) is 9.15. The lowest BCUT2D eigenvalue weighted by Gasteiger charge is -2.32. The van der Waals surface area contributed by atoms with Crippen LogP contribution in [0, 0.1) is 0 Å². The molecule has 0 unspecified atom stereocenters. The fraction of sp³-hybridized carbons (Fsp3) is 0.511. The van der Waals surface area contributed by atoms with E-state index < -0.39 is 23.9 Å². The van der Waals surface area contributed by atoms with Crippen LogP contribution in [0.1, 0.15) is 103 Å². The van der Waals surface area contributed by atoms with Gasteiger partial charge in [-0.05, 0) is 119 Å². The lowest BCUT2D eigenvalue weighted by atomic mass is 10.0. The van der Waals surface area contributed by atoms with Gasteiger partial charge in [0.05, 0.1) is 24.5 Å². The summed E-state index contributed by atoms with van der Waals surface area (Å²) >= 11 is 24.1. The average Bonchev–Trinajstić information content (AvgIpc) is 3.75. The molecule has 372 valence electrons. The lowest BCUT2D eigenvalue weighted by molar-refractivity contribution is 0.0472. The monoisotopic (exact) mass is 1030 g/mol. The lowest BCUT2D eigenvalue weighted by Crippen LogP contribution is -2.47. The number of piperidine rings is 2. The summed E-state index contributed by atoms with van der Waals surface area (Å²) in [5, 5.41) is 13.8. The minimum absolute atomic E-state index is 0.0462. The Kier molecular flexibility index (Phi) is 17.3. The van der Waals surface area contributed by atoms with Gasteiger partial charge in [-0.25, -0.2) is 14.4 Å². The van der Waals surface area contributed by atoms with Crippen molar-refractivity contribution in [3.63, 3.8) is 0 Å². The first-order valence-electron chi connectivity index (χ1n) is 23.1. The zero-order valence-electron chi connectivity index (χ0n) is 38.9. The molecule has 18 nitrogen and oxygen atoms in total. The number of likely N-dealkylation sites (tertiary alicyclic amines) is 2. The van der Waals surface area contributed by atoms with E-state index in [-0.39, 0.29) is 43.7 Å². The fourth-order valence-electron chi connectivity index (χ4n) is 8.43. The Bertz CT molecular complexity index is 2460. The molecule has 0 saturated carbocycles. The minimum atomic E-state index is -0.559.